The van der Waals surface area contributed by atoms with E-state index < -0.39 is 24.0 Å². The molecule has 1 N–H and O–H groups in total. The number of nitrogens with one attached hydrogen (secondary N) is 1. The summed E-state index contributed by atoms with van der Waals surface area (Å²) in [5.41, 5.74) is 1.63. The second-order valence-corrected chi connectivity index (χ2v) is 6.38. The molecule has 2 aromatic carbocycles. The SMILES string of the molecule is CCOC(=O)C1=C(COC(=O)c2ccccc2)N(C)C(=O)N[C@H]1c1ccccc1. The van der Waals surface area contributed by atoms with Crippen molar-refractivity contribution in [1.82, 2.24) is 10.2 Å². The zero-order valence-electron chi connectivity index (χ0n) is 16.3. The Labute approximate surface area is 168 Å². The Morgan fingerprint density at radius 2 is 1.59 bits per heavy atom. The number of hydrogen-bond donors (Lipinski definition) is 1. The minimum Gasteiger partial charge on any atom is -0.463 e. The molecule has 0 saturated heterocycles. The number of rotatable bonds is 6. The quantitative estimate of drug-likeness (QED) is 0.761. The van der Waals surface area contributed by atoms with E-state index in [1.807, 2.05) is 30.3 Å². The minimum atomic E-state index is -0.704. The number of ether oxygens (including phenoxy) is 2. The van der Waals surface area contributed by atoms with Crippen LogP contribution in [-0.4, -0.2) is 43.1 Å². The Balaban J connectivity index is 1.97. The average molecular weight is 394 g/mol. The Hall–Kier alpha value is -3.61. The molecule has 7 heteroatoms. The second-order valence-electron chi connectivity index (χ2n) is 6.38. The molecule has 0 aliphatic carbocycles. The zero-order valence-corrected chi connectivity index (χ0v) is 16.3. The molecule has 1 aliphatic heterocycles. The molecule has 7 nitrogen and oxygen atoms in total. The summed E-state index contributed by atoms with van der Waals surface area (Å²) in [4.78, 5) is 38.9. The van der Waals surface area contributed by atoms with E-state index in [-0.39, 0.29) is 24.5 Å². The fourth-order valence-corrected chi connectivity index (χ4v) is 3.07. The largest absolute Gasteiger partial charge is 0.463 e. The Morgan fingerprint density at radius 3 is 2.21 bits per heavy atom. The van der Waals surface area contributed by atoms with Crippen LogP contribution in [0.2, 0.25) is 0 Å². The van der Waals surface area contributed by atoms with Gasteiger partial charge in [0.2, 0.25) is 0 Å². The number of carbonyl (C=O) groups is 3. The highest BCUT2D eigenvalue weighted by Gasteiger charge is 2.37. The third kappa shape index (κ3) is 4.45. The van der Waals surface area contributed by atoms with E-state index in [1.54, 1.807) is 37.3 Å². The summed E-state index contributed by atoms with van der Waals surface area (Å²) in [6, 6.07) is 16.5. The molecular formula is C22H22N2O5. The number of nitrogens with zero attached hydrogens (tertiary/aromatic N) is 1. The molecule has 0 aromatic heterocycles. The van der Waals surface area contributed by atoms with Gasteiger partial charge in [-0.15, -0.1) is 0 Å². The molecule has 0 fully saturated rings. The van der Waals surface area contributed by atoms with E-state index in [0.717, 1.165) is 5.56 Å². The number of amides is 2. The van der Waals surface area contributed by atoms with Crippen LogP contribution in [0.5, 0.6) is 0 Å². The summed E-state index contributed by atoms with van der Waals surface area (Å²) >= 11 is 0. The lowest BCUT2D eigenvalue weighted by Crippen LogP contribution is -2.48. The summed E-state index contributed by atoms with van der Waals surface area (Å²) in [5, 5.41) is 2.81. The Kier molecular flexibility index (Phi) is 6.29. The normalized spacial score (nSPS) is 16.3. The van der Waals surface area contributed by atoms with Gasteiger partial charge in [0.25, 0.3) is 0 Å². The van der Waals surface area contributed by atoms with Crippen molar-refractivity contribution in [2.24, 2.45) is 0 Å². The Bertz CT molecular complexity index is 925. The molecule has 1 heterocycles. The van der Waals surface area contributed by atoms with Gasteiger partial charge in [-0.2, -0.15) is 0 Å². The van der Waals surface area contributed by atoms with Crippen molar-refractivity contribution in [3.8, 4) is 0 Å². The van der Waals surface area contributed by atoms with Gasteiger partial charge in [0.1, 0.15) is 6.61 Å². The number of benzene rings is 2. The molecule has 150 valence electrons. The third-order valence-corrected chi connectivity index (χ3v) is 4.55. The molecule has 1 aliphatic rings. The van der Waals surface area contributed by atoms with Crippen LogP contribution >= 0.6 is 0 Å². The molecule has 0 bridgehead atoms. The molecule has 1 atom stereocenters. The van der Waals surface area contributed by atoms with Gasteiger partial charge in [0, 0.05) is 7.05 Å². The van der Waals surface area contributed by atoms with Crippen LogP contribution in [0.25, 0.3) is 0 Å². The predicted molar refractivity (Wildman–Crippen MR) is 106 cm³/mol. The molecule has 3 rings (SSSR count). The summed E-state index contributed by atoms with van der Waals surface area (Å²) in [6.45, 7) is 1.64. The lowest BCUT2D eigenvalue weighted by atomic mass is 9.95. The summed E-state index contributed by atoms with van der Waals surface area (Å²) in [7, 11) is 1.52. The van der Waals surface area contributed by atoms with Crippen LogP contribution in [0.4, 0.5) is 4.79 Å². The smallest absolute Gasteiger partial charge is 0.338 e. The minimum absolute atomic E-state index is 0.179. The van der Waals surface area contributed by atoms with Crippen molar-refractivity contribution in [3.05, 3.63) is 83.1 Å². The zero-order chi connectivity index (χ0) is 20.8. The molecule has 0 spiro atoms. The topological polar surface area (TPSA) is 84.9 Å². The average Bonchev–Trinajstić information content (AvgIpc) is 2.75. The highest BCUT2D eigenvalue weighted by atomic mass is 16.5. The van der Waals surface area contributed by atoms with E-state index in [0.29, 0.717) is 5.56 Å². The molecule has 2 amide bonds. The van der Waals surface area contributed by atoms with E-state index in [9.17, 15) is 14.4 Å². The fourth-order valence-electron chi connectivity index (χ4n) is 3.07. The lowest BCUT2D eigenvalue weighted by Gasteiger charge is -2.34. The van der Waals surface area contributed by atoms with Gasteiger partial charge in [0.15, 0.2) is 0 Å². The molecule has 0 unspecified atom stereocenters. The van der Waals surface area contributed by atoms with E-state index in [4.69, 9.17) is 9.47 Å². The molecule has 29 heavy (non-hydrogen) atoms. The number of esters is 2. The van der Waals surface area contributed by atoms with E-state index in [1.165, 1.54) is 11.9 Å². The monoisotopic (exact) mass is 394 g/mol. The maximum atomic E-state index is 12.8. The molecule has 0 radical (unpaired) electrons. The number of likely N-dealkylation sites (N-methyl/N-ethyl adjacent to an activating group) is 1. The summed E-state index contributed by atoms with van der Waals surface area (Å²) in [6.07, 6.45) is 0. The van der Waals surface area contributed by atoms with Gasteiger partial charge in [-0.25, -0.2) is 14.4 Å². The van der Waals surface area contributed by atoms with Crippen molar-refractivity contribution in [2.45, 2.75) is 13.0 Å². The first-order valence-corrected chi connectivity index (χ1v) is 9.24. The number of hydrogen-bond acceptors (Lipinski definition) is 5. The highest BCUT2D eigenvalue weighted by Crippen LogP contribution is 2.31. The van der Waals surface area contributed by atoms with E-state index in [2.05, 4.69) is 5.32 Å². The first-order valence-electron chi connectivity index (χ1n) is 9.24. The summed E-state index contributed by atoms with van der Waals surface area (Å²) < 4.78 is 10.6. The van der Waals surface area contributed by atoms with Gasteiger partial charge in [-0.3, -0.25) is 4.90 Å². The van der Waals surface area contributed by atoms with Crippen molar-refractivity contribution >= 4 is 18.0 Å². The van der Waals surface area contributed by atoms with Gasteiger partial charge >= 0.3 is 18.0 Å². The first-order chi connectivity index (χ1) is 14.0. The fraction of sp³-hybridized carbons (Fsp3) is 0.227. The molecular weight excluding hydrogens is 372 g/mol. The van der Waals surface area contributed by atoms with Gasteiger partial charge < -0.3 is 14.8 Å². The maximum Gasteiger partial charge on any atom is 0.338 e. The van der Waals surface area contributed by atoms with Crippen LogP contribution in [0, 0.1) is 0 Å². The van der Waals surface area contributed by atoms with Gasteiger partial charge in [-0.05, 0) is 24.6 Å². The van der Waals surface area contributed by atoms with Gasteiger partial charge in [-0.1, -0.05) is 48.5 Å². The van der Waals surface area contributed by atoms with Crippen LogP contribution in [0.3, 0.4) is 0 Å². The number of carbonyl (C=O) groups excluding carboxylic acids is 3. The lowest BCUT2D eigenvalue weighted by molar-refractivity contribution is -0.139. The third-order valence-electron chi connectivity index (χ3n) is 4.55. The Morgan fingerprint density at radius 1 is 0.966 bits per heavy atom. The summed E-state index contributed by atoms with van der Waals surface area (Å²) in [5.74, 6) is -1.11. The maximum absolute atomic E-state index is 12.8. The highest BCUT2D eigenvalue weighted by molar-refractivity contribution is 5.95. The molecule has 0 saturated carbocycles. The van der Waals surface area contributed by atoms with Crippen molar-refractivity contribution in [1.29, 1.82) is 0 Å². The van der Waals surface area contributed by atoms with Crippen LogP contribution < -0.4 is 5.32 Å². The van der Waals surface area contributed by atoms with Crippen LogP contribution in [-0.2, 0) is 14.3 Å². The van der Waals surface area contributed by atoms with Crippen molar-refractivity contribution in [3.63, 3.8) is 0 Å². The molecule has 2 aromatic rings. The second kappa shape index (κ2) is 9.05. The van der Waals surface area contributed by atoms with Crippen LogP contribution in [0.1, 0.15) is 28.9 Å². The number of urea groups is 1. The van der Waals surface area contributed by atoms with Crippen molar-refractivity contribution in [2.75, 3.05) is 20.3 Å². The van der Waals surface area contributed by atoms with E-state index >= 15 is 0 Å². The van der Waals surface area contributed by atoms with Crippen LogP contribution in [0.15, 0.2) is 71.9 Å². The predicted octanol–water partition coefficient (Wildman–Crippen LogP) is 3.06. The van der Waals surface area contributed by atoms with Crippen molar-refractivity contribution < 1.29 is 23.9 Å². The first kappa shape index (κ1) is 20.1. The standard InChI is InChI=1S/C22H22N2O5/c1-3-28-21(26)18-17(14-29-20(25)16-12-8-5-9-13-16)24(2)22(27)23-19(18)15-10-6-4-7-11-15/h4-13,19H,3,14H2,1-2H3,(H,23,27)/t19-/m0/s1. The van der Waals surface area contributed by atoms with Gasteiger partial charge in [0.05, 0.1) is 29.5 Å².